The first-order valence-electron chi connectivity index (χ1n) is 10.3. The van der Waals surface area contributed by atoms with E-state index in [1.165, 1.54) is 25.0 Å². The standard InChI is InChI=1S/C20H29N5O4/c26-19(23-11-3-1-2-4-12-23)9-10-21-20(27)24-15-13-22(14-16-24)17-5-7-18(8-6-17)25(28)29/h5-8H,1-4,9-16H2,(H,21,27). The van der Waals surface area contributed by atoms with E-state index in [2.05, 4.69) is 10.2 Å². The molecule has 2 saturated heterocycles. The van der Waals surface area contributed by atoms with Crippen molar-refractivity contribution >= 4 is 23.3 Å². The van der Waals surface area contributed by atoms with Crippen LogP contribution in [0, 0.1) is 10.1 Å². The maximum Gasteiger partial charge on any atom is 0.317 e. The van der Waals surface area contributed by atoms with Crippen molar-refractivity contribution in [2.75, 3.05) is 50.7 Å². The molecule has 3 rings (SSSR count). The van der Waals surface area contributed by atoms with Gasteiger partial charge in [0.05, 0.1) is 4.92 Å². The van der Waals surface area contributed by atoms with Gasteiger partial charge in [-0.25, -0.2) is 4.79 Å². The molecule has 0 radical (unpaired) electrons. The monoisotopic (exact) mass is 403 g/mol. The highest BCUT2D eigenvalue weighted by Crippen LogP contribution is 2.20. The number of hydrogen-bond acceptors (Lipinski definition) is 5. The molecule has 2 aliphatic heterocycles. The number of carbonyl (C=O) groups excluding carboxylic acids is 2. The van der Waals surface area contributed by atoms with Crippen molar-refractivity contribution in [2.45, 2.75) is 32.1 Å². The number of nitrogens with one attached hydrogen (secondary N) is 1. The summed E-state index contributed by atoms with van der Waals surface area (Å²) in [6.45, 7) is 4.49. The molecule has 158 valence electrons. The van der Waals surface area contributed by atoms with E-state index in [-0.39, 0.29) is 17.6 Å². The van der Waals surface area contributed by atoms with Gasteiger partial charge in [0.15, 0.2) is 0 Å². The van der Waals surface area contributed by atoms with Crippen LogP contribution in [0.1, 0.15) is 32.1 Å². The number of non-ortho nitro benzene ring substituents is 1. The molecule has 3 amide bonds. The molecule has 2 aliphatic rings. The maximum atomic E-state index is 12.4. The molecule has 0 spiro atoms. The number of nitro benzene ring substituents is 1. The Hall–Kier alpha value is -2.84. The third-order valence-electron chi connectivity index (χ3n) is 5.57. The number of benzene rings is 1. The average Bonchev–Trinajstić information content (AvgIpc) is 3.03. The van der Waals surface area contributed by atoms with Gasteiger partial charge in [-0.2, -0.15) is 0 Å². The molecule has 1 aromatic rings. The number of piperazine rings is 1. The van der Waals surface area contributed by atoms with Crippen molar-refractivity contribution < 1.29 is 14.5 Å². The topological polar surface area (TPSA) is 99.0 Å². The molecule has 0 saturated carbocycles. The minimum Gasteiger partial charge on any atom is -0.368 e. The van der Waals surface area contributed by atoms with Crippen LogP contribution in [0.4, 0.5) is 16.2 Å². The molecule has 9 nitrogen and oxygen atoms in total. The summed E-state index contributed by atoms with van der Waals surface area (Å²) in [5, 5.41) is 13.6. The van der Waals surface area contributed by atoms with Crippen molar-refractivity contribution in [1.82, 2.24) is 15.1 Å². The van der Waals surface area contributed by atoms with Gasteiger partial charge in [-0.05, 0) is 25.0 Å². The summed E-state index contributed by atoms with van der Waals surface area (Å²) in [5.74, 6) is 0.121. The number of anilines is 1. The Bertz CT molecular complexity index is 708. The second kappa shape index (κ2) is 10.1. The van der Waals surface area contributed by atoms with Crippen molar-refractivity contribution in [3.8, 4) is 0 Å². The van der Waals surface area contributed by atoms with Crippen LogP contribution >= 0.6 is 0 Å². The largest absolute Gasteiger partial charge is 0.368 e. The fraction of sp³-hybridized carbons (Fsp3) is 0.600. The summed E-state index contributed by atoms with van der Waals surface area (Å²) in [4.78, 5) is 40.8. The predicted octanol–water partition coefficient (Wildman–Crippen LogP) is 2.22. The Morgan fingerprint density at radius 2 is 1.52 bits per heavy atom. The zero-order valence-electron chi connectivity index (χ0n) is 16.7. The van der Waals surface area contributed by atoms with Crippen molar-refractivity contribution in [3.63, 3.8) is 0 Å². The summed E-state index contributed by atoms with van der Waals surface area (Å²) in [5.41, 5.74) is 0.986. The zero-order valence-corrected chi connectivity index (χ0v) is 16.7. The van der Waals surface area contributed by atoms with Crippen molar-refractivity contribution in [3.05, 3.63) is 34.4 Å². The van der Waals surface area contributed by atoms with E-state index in [1.807, 2.05) is 4.90 Å². The minimum atomic E-state index is -0.413. The van der Waals surface area contributed by atoms with Gasteiger partial charge in [-0.1, -0.05) is 12.8 Å². The highest BCUT2D eigenvalue weighted by molar-refractivity contribution is 5.78. The average molecular weight is 403 g/mol. The molecule has 0 atom stereocenters. The lowest BCUT2D eigenvalue weighted by atomic mass is 10.2. The lowest BCUT2D eigenvalue weighted by Crippen LogP contribution is -2.52. The van der Waals surface area contributed by atoms with Gasteiger partial charge in [0, 0.05) is 70.1 Å². The minimum absolute atomic E-state index is 0.0708. The second-order valence-electron chi connectivity index (χ2n) is 7.52. The zero-order chi connectivity index (χ0) is 20.6. The van der Waals surface area contributed by atoms with Crippen LogP contribution in [-0.4, -0.2) is 72.5 Å². The molecule has 2 fully saturated rings. The predicted molar refractivity (Wildman–Crippen MR) is 110 cm³/mol. The van der Waals surface area contributed by atoms with Gasteiger partial charge in [0.1, 0.15) is 0 Å². The third kappa shape index (κ3) is 5.82. The fourth-order valence-corrected chi connectivity index (χ4v) is 3.82. The van der Waals surface area contributed by atoms with E-state index >= 15 is 0 Å². The third-order valence-corrected chi connectivity index (χ3v) is 5.57. The quantitative estimate of drug-likeness (QED) is 0.600. The molecule has 0 bridgehead atoms. The molecule has 0 unspecified atom stereocenters. The Balaban J connectivity index is 1.38. The molecule has 1 N–H and O–H groups in total. The van der Waals surface area contributed by atoms with E-state index in [0.29, 0.717) is 39.1 Å². The van der Waals surface area contributed by atoms with Crippen LogP contribution < -0.4 is 10.2 Å². The summed E-state index contributed by atoms with van der Waals surface area (Å²) in [6.07, 6.45) is 4.85. The van der Waals surface area contributed by atoms with Crippen LogP contribution in [0.15, 0.2) is 24.3 Å². The van der Waals surface area contributed by atoms with Gasteiger partial charge in [0.2, 0.25) is 5.91 Å². The highest BCUT2D eigenvalue weighted by Gasteiger charge is 2.22. The molecule has 9 heteroatoms. The van der Waals surface area contributed by atoms with Crippen LogP contribution in [0.5, 0.6) is 0 Å². The first-order valence-corrected chi connectivity index (χ1v) is 10.3. The normalized spacial score (nSPS) is 17.6. The molecule has 2 heterocycles. The van der Waals surface area contributed by atoms with Crippen molar-refractivity contribution in [2.24, 2.45) is 0 Å². The van der Waals surface area contributed by atoms with E-state index < -0.39 is 4.92 Å². The summed E-state index contributed by atoms with van der Waals surface area (Å²) in [7, 11) is 0. The van der Waals surface area contributed by atoms with Gasteiger partial charge < -0.3 is 20.0 Å². The number of likely N-dealkylation sites (tertiary alicyclic amines) is 1. The highest BCUT2D eigenvalue weighted by atomic mass is 16.6. The molecule has 0 aromatic heterocycles. The first kappa shape index (κ1) is 20.9. The van der Waals surface area contributed by atoms with Gasteiger partial charge >= 0.3 is 6.03 Å². The Morgan fingerprint density at radius 3 is 2.10 bits per heavy atom. The van der Waals surface area contributed by atoms with Crippen LogP contribution in [-0.2, 0) is 4.79 Å². The Morgan fingerprint density at radius 1 is 0.897 bits per heavy atom. The molecule has 0 aliphatic carbocycles. The smallest absolute Gasteiger partial charge is 0.317 e. The summed E-state index contributed by atoms with van der Waals surface area (Å²) >= 11 is 0. The number of urea groups is 1. The molecular weight excluding hydrogens is 374 g/mol. The van der Waals surface area contributed by atoms with E-state index in [0.717, 1.165) is 31.6 Å². The van der Waals surface area contributed by atoms with Gasteiger partial charge in [0.25, 0.3) is 5.69 Å². The summed E-state index contributed by atoms with van der Waals surface area (Å²) < 4.78 is 0. The number of nitro groups is 1. The SMILES string of the molecule is O=C(CCNC(=O)N1CCN(c2ccc([N+](=O)[O-])cc2)CC1)N1CCCCCC1. The number of carbonyl (C=O) groups is 2. The van der Waals surface area contributed by atoms with Crippen molar-refractivity contribution in [1.29, 1.82) is 0 Å². The van der Waals surface area contributed by atoms with Gasteiger partial charge in [-0.3, -0.25) is 14.9 Å². The fourth-order valence-electron chi connectivity index (χ4n) is 3.82. The second-order valence-corrected chi connectivity index (χ2v) is 7.52. The molecule has 29 heavy (non-hydrogen) atoms. The molecular formula is C20H29N5O4. The van der Waals surface area contributed by atoms with Crippen LogP contribution in [0.3, 0.4) is 0 Å². The lowest BCUT2D eigenvalue weighted by Gasteiger charge is -2.36. The van der Waals surface area contributed by atoms with Crippen LogP contribution in [0.25, 0.3) is 0 Å². The molecule has 1 aromatic carbocycles. The number of nitrogens with zero attached hydrogens (tertiary/aromatic N) is 4. The maximum absolute atomic E-state index is 12.4. The van der Waals surface area contributed by atoms with E-state index in [1.54, 1.807) is 17.0 Å². The first-order chi connectivity index (χ1) is 14.0. The number of amides is 3. The van der Waals surface area contributed by atoms with E-state index in [4.69, 9.17) is 0 Å². The summed E-state index contributed by atoms with van der Waals surface area (Å²) in [6, 6.07) is 6.33. The lowest BCUT2D eigenvalue weighted by molar-refractivity contribution is -0.384. The van der Waals surface area contributed by atoms with E-state index in [9.17, 15) is 19.7 Å². The van der Waals surface area contributed by atoms with Gasteiger partial charge in [-0.15, -0.1) is 0 Å². The number of rotatable bonds is 5. The van der Waals surface area contributed by atoms with Crippen LogP contribution in [0.2, 0.25) is 0 Å². The Labute approximate surface area is 170 Å². The number of hydrogen-bond donors (Lipinski definition) is 1. The Kier molecular flexibility index (Phi) is 7.26.